The van der Waals surface area contributed by atoms with Crippen molar-refractivity contribution in [3.05, 3.63) is 317 Å². The Balaban J connectivity index is 0.888. The van der Waals surface area contributed by atoms with Crippen molar-refractivity contribution >= 4 is 49.4 Å². The van der Waals surface area contributed by atoms with Crippen LogP contribution in [0.2, 0.25) is 0 Å². The molecule has 2 spiro atoms. The van der Waals surface area contributed by atoms with Crippen molar-refractivity contribution in [3.8, 4) is 55.6 Å². The van der Waals surface area contributed by atoms with E-state index in [1.807, 2.05) is 0 Å². The van der Waals surface area contributed by atoms with Crippen molar-refractivity contribution in [2.75, 3.05) is 4.90 Å². The molecule has 17 rings (SSSR count). The van der Waals surface area contributed by atoms with Crippen LogP contribution in [0.4, 0.5) is 17.1 Å². The summed E-state index contributed by atoms with van der Waals surface area (Å²) >= 11 is 0. The first-order valence-electron chi connectivity index (χ1n) is 26.3. The molecule has 0 aliphatic heterocycles. The zero-order chi connectivity index (χ0) is 49.0. The number of benzene rings is 13. The Morgan fingerprint density at radius 3 is 1.04 bits per heavy atom. The minimum Gasteiger partial charge on any atom is -0.310 e. The molecule has 4 aliphatic rings. The molecule has 0 amide bonds. The lowest BCUT2D eigenvalue weighted by molar-refractivity contribution is 0.793. The summed E-state index contributed by atoms with van der Waals surface area (Å²) in [7, 11) is 0. The van der Waals surface area contributed by atoms with E-state index in [9.17, 15) is 0 Å². The van der Waals surface area contributed by atoms with Crippen LogP contribution in [0, 0.1) is 0 Å². The normalized spacial score (nSPS) is 14.1. The Morgan fingerprint density at radius 1 is 0.200 bits per heavy atom. The van der Waals surface area contributed by atoms with Gasteiger partial charge < -0.3 is 4.90 Å². The summed E-state index contributed by atoms with van der Waals surface area (Å²) < 4.78 is 0. The Hall–Kier alpha value is -9.56. The number of rotatable bonds is 4. The molecule has 0 bridgehead atoms. The van der Waals surface area contributed by atoms with Gasteiger partial charge in [0.1, 0.15) is 0 Å². The quantitative estimate of drug-likeness (QED) is 0.159. The molecule has 1 heteroatoms. The SMILES string of the molecule is c1ccc2c(c1)-c1ccccc1C21c2ccccc2-c2ccc(N(c3ccc(-c4cccc5c4-c4ccccc4C54c5ccccc5-c5ccccc54)cc3)c3ccc4c5ccccc5c5ccccc5c4c3)cc21. The van der Waals surface area contributed by atoms with E-state index < -0.39 is 10.8 Å². The van der Waals surface area contributed by atoms with Crippen LogP contribution in [0.15, 0.2) is 273 Å². The molecule has 0 saturated carbocycles. The highest BCUT2D eigenvalue weighted by Gasteiger charge is 2.53. The predicted molar refractivity (Wildman–Crippen MR) is 312 cm³/mol. The Labute approximate surface area is 435 Å². The maximum absolute atomic E-state index is 2.52. The van der Waals surface area contributed by atoms with Crippen LogP contribution in [0.3, 0.4) is 0 Å². The summed E-state index contributed by atoms with van der Waals surface area (Å²) in [5.74, 6) is 0. The Kier molecular flexibility index (Phi) is 8.20. The van der Waals surface area contributed by atoms with Crippen molar-refractivity contribution in [1.82, 2.24) is 0 Å². The van der Waals surface area contributed by atoms with Crippen molar-refractivity contribution in [2.45, 2.75) is 10.8 Å². The second kappa shape index (κ2) is 15.0. The fraction of sp³-hybridized carbons (Fsp3) is 0.0270. The number of nitrogens with zero attached hydrogens (tertiary/aromatic N) is 1. The highest BCUT2D eigenvalue weighted by atomic mass is 15.1. The lowest BCUT2D eigenvalue weighted by Gasteiger charge is -2.32. The maximum atomic E-state index is 2.52. The molecule has 0 radical (unpaired) electrons. The van der Waals surface area contributed by atoms with Gasteiger partial charge in [0.15, 0.2) is 0 Å². The van der Waals surface area contributed by atoms with E-state index in [1.54, 1.807) is 0 Å². The Bertz CT molecular complexity index is 4470. The van der Waals surface area contributed by atoms with Gasteiger partial charge in [-0.15, -0.1) is 0 Å². The highest BCUT2D eigenvalue weighted by Crippen LogP contribution is 2.65. The zero-order valence-corrected chi connectivity index (χ0v) is 40.9. The first-order valence-corrected chi connectivity index (χ1v) is 26.3. The largest absolute Gasteiger partial charge is 0.310 e. The molecule has 0 fully saturated rings. The highest BCUT2D eigenvalue weighted by molar-refractivity contribution is 6.26. The van der Waals surface area contributed by atoms with Gasteiger partial charge in [-0.3, -0.25) is 0 Å². The van der Waals surface area contributed by atoms with Crippen LogP contribution in [0.25, 0.3) is 88.0 Å². The van der Waals surface area contributed by atoms with Gasteiger partial charge in [-0.1, -0.05) is 237 Å². The third kappa shape index (κ3) is 5.17. The van der Waals surface area contributed by atoms with Crippen LogP contribution in [-0.4, -0.2) is 0 Å². The second-order valence-corrected chi connectivity index (χ2v) is 20.9. The summed E-state index contributed by atoms with van der Waals surface area (Å²) in [5.41, 5.74) is 26.2. The fourth-order valence-electron chi connectivity index (χ4n) is 14.9. The lowest BCUT2D eigenvalue weighted by Crippen LogP contribution is -2.26. The van der Waals surface area contributed by atoms with Gasteiger partial charge in [0, 0.05) is 17.1 Å². The lowest BCUT2D eigenvalue weighted by atomic mass is 9.70. The number of hydrogen-bond donors (Lipinski definition) is 0. The van der Waals surface area contributed by atoms with Crippen molar-refractivity contribution in [1.29, 1.82) is 0 Å². The molecule has 1 nitrogen and oxygen atoms in total. The van der Waals surface area contributed by atoms with E-state index in [0.717, 1.165) is 17.1 Å². The van der Waals surface area contributed by atoms with E-state index >= 15 is 0 Å². The molecular weight excluding hydrogens is 903 g/mol. The van der Waals surface area contributed by atoms with Gasteiger partial charge in [0.25, 0.3) is 0 Å². The molecule has 0 unspecified atom stereocenters. The molecule has 0 aromatic heterocycles. The van der Waals surface area contributed by atoms with Gasteiger partial charge in [0.05, 0.1) is 10.8 Å². The van der Waals surface area contributed by atoms with E-state index in [0.29, 0.717) is 0 Å². The van der Waals surface area contributed by atoms with Gasteiger partial charge in [-0.2, -0.15) is 0 Å². The molecule has 0 saturated heterocycles. The van der Waals surface area contributed by atoms with Crippen LogP contribution < -0.4 is 4.90 Å². The summed E-state index contributed by atoms with van der Waals surface area (Å²) in [6.07, 6.45) is 0. The van der Waals surface area contributed by atoms with Gasteiger partial charge >= 0.3 is 0 Å². The smallest absolute Gasteiger partial charge is 0.0726 e. The van der Waals surface area contributed by atoms with Crippen LogP contribution >= 0.6 is 0 Å². The molecule has 0 heterocycles. The summed E-state index contributed by atoms with van der Waals surface area (Å²) in [6.45, 7) is 0. The minimum atomic E-state index is -0.467. The molecule has 4 aliphatic carbocycles. The van der Waals surface area contributed by atoms with E-state index in [2.05, 4.69) is 278 Å². The Morgan fingerprint density at radius 2 is 0.533 bits per heavy atom. The van der Waals surface area contributed by atoms with Crippen LogP contribution in [0.1, 0.15) is 44.5 Å². The number of fused-ring (bicyclic) bond motifs is 26. The topological polar surface area (TPSA) is 3.24 Å². The first kappa shape index (κ1) is 41.0. The van der Waals surface area contributed by atoms with Gasteiger partial charge in [-0.05, 0) is 169 Å². The van der Waals surface area contributed by atoms with E-state index in [1.165, 1.54) is 132 Å². The van der Waals surface area contributed by atoms with Crippen LogP contribution in [-0.2, 0) is 10.8 Å². The monoisotopic (exact) mass is 947 g/mol. The summed E-state index contributed by atoms with van der Waals surface area (Å²) in [6, 6.07) is 103. The summed E-state index contributed by atoms with van der Waals surface area (Å²) in [4.78, 5) is 2.50. The van der Waals surface area contributed by atoms with Crippen molar-refractivity contribution < 1.29 is 0 Å². The molecule has 0 atom stereocenters. The number of anilines is 3. The zero-order valence-electron chi connectivity index (χ0n) is 40.9. The average molecular weight is 948 g/mol. The number of hydrogen-bond acceptors (Lipinski definition) is 1. The van der Waals surface area contributed by atoms with Crippen LogP contribution in [0.5, 0.6) is 0 Å². The fourth-order valence-corrected chi connectivity index (χ4v) is 14.9. The second-order valence-electron chi connectivity index (χ2n) is 20.9. The first-order chi connectivity index (χ1) is 37.2. The molecule has 75 heavy (non-hydrogen) atoms. The maximum Gasteiger partial charge on any atom is 0.0726 e. The predicted octanol–water partition coefficient (Wildman–Crippen LogP) is 19.0. The standard InChI is InChI=1S/C74H45N/c1-2-20-53-51(18-1)52-19-3-4-21-54(52)63-44-48(40-42-55(53)63)75(49-41-43-61-60-26-9-15-33-68(60)74(71(61)45-49)66-31-13-7-24-58(66)59-25-8-14-32-67(59)74)47-38-36-46(37-39-47)50-28-17-35-70-72(50)62-27-10-16-34-69(62)73(70)64-29-11-5-22-56(64)57-23-6-12-30-65(57)73/h1-45H. The third-order valence-electron chi connectivity index (χ3n) is 17.7. The van der Waals surface area contributed by atoms with Crippen molar-refractivity contribution in [3.63, 3.8) is 0 Å². The molecule has 346 valence electrons. The van der Waals surface area contributed by atoms with E-state index in [4.69, 9.17) is 0 Å². The summed E-state index contributed by atoms with van der Waals surface area (Å²) in [5, 5.41) is 7.59. The van der Waals surface area contributed by atoms with E-state index in [-0.39, 0.29) is 0 Å². The van der Waals surface area contributed by atoms with Gasteiger partial charge in [0.2, 0.25) is 0 Å². The van der Waals surface area contributed by atoms with Crippen molar-refractivity contribution in [2.24, 2.45) is 0 Å². The minimum absolute atomic E-state index is 0.400. The molecule has 13 aromatic carbocycles. The molecular formula is C74H45N. The molecule has 0 N–H and O–H groups in total. The van der Waals surface area contributed by atoms with Gasteiger partial charge in [-0.25, -0.2) is 0 Å². The average Bonchev–Trinajstić information content (AvgIpc) is 4.36. The third-order valence-corrected chi connectivity index (χ3v) is 17.7. The molecule has 13 aromatic rings.